The third kappa shape index (κ3) is 2.18. The summed E-state index contributed by atoms with van der Waals surface area (Å²) in [5.41, 5.74) is 8.73. The molecule has 0 aliphatic heterocycles. The lowest BCUT2D eigenvalue weighted by Gasteiger charge is -2.46. The Kier molecular flexibility index (Phi) is 3.45. The smallest absolute Gasteiger partial charge is 0.0678 e. The number of pyridine rings is 1. The van der Waals surface area contributed by atoms with Gasteiger partial charge in [0.2, 0.25) is 0 Å². The summed E-state index contributed by atoms with van der Waals surface area (Å²) in [5.74, 6) is 0. The maximum Gasteiger partial charge on any atom is 0.0678 e. The van der Waals surface area contributed by atoms with Gasteiger partial charge in [0, 0.05) is 29.9 Å². The molecular weight excluding hydrogens is 248 g/mol. The predicted octanol–water partition coefficient (Wildman–Crippen LogP) is 2.69. The average Bonchev–Trinajstić information content (AvgIpc) is 2.41. The molecule has 0 saturated heterocycles. The summed E-state index contributed by atoms with van der Waals surface area (Å²) in [6, 6.07) is 12.1. The summed E-state index contributed by atoms with van der Waals surface area (Å²) in [6.45, 7) is 0. The summed E-state index contributed by atoms with van der Waals surface area (Å²) in [7, 11) is 0. The van der Waals surface area contributed by atoms with Crippen molar-refractivity contribution in [2.75, 3.05) is 5.73 Å². The lowest BCUT2D eigenvalue weighted by atomic mass is 9.60. The van der Waals surface area contributed by atoms with Crippen molar-refractivity contribution in [1.82, 2.24) is 4.98 Å². The number of hydrogen-bond acceptors (Lipinski definition) is 3. The highest BCUT2D eigenvalue weighted by Gasteiger charge is 2.44. The zero-order valence-corrected chi connectivity index (χ0v) is 11.5. The van der Waals surface area contributed by atoms with E-state index in [0.29, 0.717) is 12.1 Å². The molecule has 1 aliphatic rings. The average molecular weight is 268 g/mol. The van der Waals surface area contributed by atoms with E-state index in [4.69, 9.17) is 5.73 Å². The van der Waals surface area contributed by atoms with Crippen LogP contribution in [0, 0.1) is 0 Å². The van der Waals surface area contributed by atoms with Crippen LogP contribution in [0.4, 0.5) is 5.69 Å². The van der Waals surface area contributed by atoms with Crippen LogP contribution in [0.1, 0.15) is 30.4 Å². The first-order chi connectivity index (χ1) is 9.72. The van der Waals surface area contributed by atoms with Gasteiger partial charge in [0.05, 0.1) is 6.10 Å². The number of nitrogen functional groups attached to an aromatic ring is 1. The van der Waals surface area contributed by atoms with E-state index in [0.717, 1.165) is 18.4 Å². The Morgan fingerprint density at radius 3 is 2.55 bits per heavy atom. The van der Waals surface area contributed by atoms with Gasteiger partial charge >= 0.3 is 0 Å². The van der Waals surface area contributed by atoms with Crippen molar-refractivity contribution in [1.29, 1.82) is 0 Å². The summed E-state index contributed by atoms with van der Waals surface area (Å²) in [4.78, 5) is 4.11. The standard InChI is InChI=1S/C17H20N2O/c18-15-7-10-19-12-13(15)11-16(20)17(8-4-9-17)14-5-2-1-3-6-14/h1-3,5-7,10,12,16,20H,4,8-9,11H2,(H2,18,19). The molecule has 3 heteroatoms. The molecule has 1 atom stereocenters. The van der Waals surface area contributed by atoms with Gasteiger partial charge in [-0.2, -0.15) is 0 Å². The second-order valence-electron chi connectivity index (χ2n) is 5.67. The highest BCUT2D eigenvalue weighted by molar-refractivity contribution is 5.45. The molecule has 0 amide bonds. The number of aliphatic hydroxyl groups excluding tert-OH is 1. The van der Waals surface area contributed by atoms with Crippen molar-refractivity contribution in [3.63, 3.8) is 0 Å². The molecule has 1 saturated carbocycles. The van der Waals surface area contributed by atoms with Crippen molar-refractivity contribution in [2.24, 2.45) is 0 Å². The van der Waals surface area contributed by atoms with Gasteiger partial charge in [-0.05, 0) is 30.0 Å². The number of anilines is 1. The molecule has 1 aromatic heterocycles. The Morgan fingerprint density at radius 1 is 1.20 bits per heavy atom. The minimum Gasteiger partial charge on any atom is -0.398 e. The quantitative estimate of drug-likeness (QED) is 0.896. The molecule has 0 bridgehead atoms. The van der Waals surface area contributed by atoms with Crippen LogP contribution in [0.25, 0.3) is 0 Å². The second kappa shape index (κ2) is 5.25. The fourth-order valence-electron chi connectivity index (χ4n) is 3.15. The monoisotopic (exact) mass is 268 g/mol. The fraction of sp³-hybridized carbons (Fsp3) is 0.353. The number of aliphatic hydroxyl groups is 1. The Morgan fingerprint density at radius 2 is 1.95 bits per heavy atom. The van der Waals surface area contributed by atoms with Crippen LogP contribution in [-0.4, -0.2) is 16.2 Å². The first-order valence-corrected chi connectivity index (χ1v) is 7.14. The molecule has 3 nitrogen and oxygen atoms in total. The van der Waals surface area contributed by atoms with E-state index in [-0.39, 0.29) is 5.41 Å². The molecule has 2 aromatic rings. The van der Waals surface area contributed by atoms with Gasteiger partial charge in [0.1, 0.15) is 0 Å². The molecule has 3 rings (SSSR count). The van der Waals surface area contributed by atoms with E-state index in [1.807, 2.05) is 18.2 Å². The zero-order valence-electron chi connectivity index (χ0n) is 11.5. The number of nitrogens with two attached hydrogens (primary N) is 1. The van der Waals surface area contributed by atoms with Crippen LogP contribution >= 0.6 is 0 Å². The number of hydrogen-bond donors (Lipinski definition) is 2. The Balaban J connectivity index is 1.85. The fourth-order valence-corrected chi connectivity index (χ4v) is 3.15. The molecule has 20 heavy (non-hydrogen) atoms. The van der Waals surface area contributed by atoms with E-state index >= 15 is 0 Å². The van der Waals surface area contributed by atoms with Crippen LogP contribution in [0.15, 0.2) is 48.8 Å². The van der Waals surface area contributed by atoms with Crippen molar-refractivity contribution in [3.05, 3.63) is 59.9 Å². The topological polar surface area (TPSA) is 59.1 Å². The third-order valence-electron chi connectivity index (χ3n) is 4.59. The largest absolute Gasteiger partial charge is 0.398 e. The Hall–Kier alpha value is -1.87. The van der Waals surface area contributed by atoms with E-state index < -0.39 is 6.10 Å². The molecule has 1 heterocycles. The predicted molar refractivity (Wildman–Crippen MR) is 80.3 cm³/mol. The second-order valence-corrected chi connectivity index (χ2v) is 5.67. The van der Waals surface area contributed by atoms with Crippen LogP contribution in [0.5, 0.6) is 0 Å². The Labute approximate surface area is 119 Å². The SMILES string of the molecule is Nc1ccncc1CC(O)C1(c2ccccc2)CCC1. The van der Waals surface area contributed by atoms with Gasteiger partial charge < -0.3 is 10.8 Å². The van der Waals surface area contributed by atoms with Crippen LogP contribution in [0.3, 0.4) is 0 Å². The molecule has 1 fully saturated rings. The van der Waals surface area contributed by atoms with E-state index in [9.17, 15) is 5.11 Å². The van der Waals surface area contributed by atoms with Gasteiger partial charge in [-0.25, -0.2) is 0 Å². The van der Waals surface area contributed by atoms with Crippen LogP contribution < -0.4 is 5.73 Å². The molecule has 1 aliphatic carbocycles. The van der Waals surface area contributed by atoms with E-state index in [2.05, 4.69) is 17.1 Å². The zero-order chi connectivity index (χ0) is 14.0. The molecular formula is C17H20N2O. The summed E-state index contributed by atoms with van der Waals surface area (Å²) in [6.07, 6.45) is 6.85. The Bertz CT molecular complexity index is 579. The molecule has 1 aromatic carbocycles. The lowest BCUT2D eigenvalue weighted by Crippen LogP contribution is -2.46. The molecule has 0 spiro atoms. The van der Waals surface area contributed by atoms with Gasteiger partial charge in [0.15, 0.2) is 0 Å². The van der Waals surface area contributed by atoms with Crippen LogP contribution in [-0.2, 0) is 11.8 Å². The highest BCUT2D eigenvalue weighted by atomic mass is 16.3. The first kappa shape index (κ1) is 13.1. The molecule has 3 N–H and O–H groups in total. The number of rotatable bonds is 4. The molecule has 1 unspecified atom stereocenters. The normalized spacial score (nSPS) is 18.2. The van der Waals surface area contributed by atoms with Crippen molar-refractivity contribution < 1.29 is 5.11 Å². The van der Waals surface area contributed by atoms with E-state index in [1.54, 1.807) is 18.5 Å². The number of nitrogens with zero attached hydrogens (tertiary/aromatic N) is 1. The number of benzene rings is 1. The van der Waals surface area contributed by atoms with Crippen molar-refractivity contribution >= 4 is 5.69 Å². The maximum atomic E-state index is 10.8. The van der Waals surface area contributed by atoms with Crippen LogP contribution in [0.2, 0.25) is 0 Å². The minimum absolute atomic E-state index is 0.108. The maximum absolute atomic E-state index is 10.8. The van der Waals surface area contributed by atoms with Gasteiger partial charge in [-0.15, -0.1) is 0 Å². The lowest BCUT2D eigenvalue weighted by molar-refractivity contribution is 0.0286. The van der Waals surface area contributed by atoms with Gasteiger partial charge in [0.25, 0.3) is 0 Å². The summed E-state index contributed by atoms with van der Waals surface area (Å²) < 4.78 is 0. The van der Waals surface area contributed by atoms with E-state index in [1.165, 1.54) is 12.0 Å². The first-order valence-electron chi connectivity index (χ1n) is 7.14. The van der Waals surface area contributed by atoms with Gasteiger partial charge in [-0.3, -0.25) is 4.98 Å². The van der Waals surface area contributed by atoms with Crippen molar-refractivity contribution in [3.8, 4) is 0 Å². The van der Waals surface area contributed by atoms with Crippen molar-refractivity contribution in [2.45, 2.75) is 37.2 Å². The molecule has 104 valence electrons. The summed E-state index contributed by atoms with van der Waals surface area (Å²) in [5, 5.41) is 10.8. The minimum atomic E-state index is -0.412. The van der Waals surface area contributed by atoms with Gasteiger partial charge in [-0.1, -0.05) is 36.8 Å². The number of aromatic nitrogens is 1. The summed E-state index contributed by atoms with van der Waals surface area (Å²) >= 11 is 0. The molecule has 0 radical (unpaired) electrons. The third-order valence-corrected chi connectivity index (χ3v) is 4.59. The highest BCUT2D eigenvalue weighted by Crippen LogP contribution is 2.47.